The normalized spacial score (nSPS) is 13.4. The molecule has 0 saturated heterocycles. The van der Waals surface area contributed by atoms with Crippen LogP contribution in [0.5, 0.6) is 0 Å². The molecule has 0 amide bonds. The minimum Gasteiger partial charge on any atom is -0.342 e. The summed E-state index contributed by atoms with van der Waals surface area (Å²) in [6, 6.07) is 4.05. The summed E-state index contributed by atoms with van der Waals surface area (Å²) < 4.78 is 2.12. The first-order valence-corrected chi connectivity index (χ1v) is 4.16. The van der Waals surface area contributed by atoms with Crippen molar-refractivity contribution < 1.29 is 0 Å². The van der Waals surface area contributed by atoms with Crippen LogP contribution in [0, 0.1) is 0 Å². The average molecular weight is 155 g/mol. The zero-order valence-corrected chi connectivity index (χ0v) is 7.09. The topological polar surface area (TPSA) is 4.93 Å². The van der Waals surface area contributed by atoms with Gasteiger partial charge in [-0.1, -0.05) is 13.3 Å². The van der Waals surface area contributed by atoms with Crippen LogP contribution in [-0.2, 0) is 0 Å². The molecule has 0 spiro atoms. The molecule has 0 aliphatic heterocycles. The van der Waals surface area contributed by atoms with Crippen LogP contribution in [0.15, 0.2) is 24.5 Å². The quantitative estimate of drug-likeness (QED) is 0.640. The molecule has 0 aliphatic carbocycles. The number of aromatic nitrogens is 1. The lowest BCUT2D eigenvalue weighted by Gasteiger charge is -2.10. The summed E-state index contributed by atoms with van der Waals surface area (Å²) >= 11 is 4.43. The van der Waals surface area contributed by atoms with E-state index in [0.717, 1.165) is 6.42 Å². The predicted octanol–water partition coefficient (Wildman–Crippen LogP) is 2.72. The molecule has 0 radical (unpaired) electrons. The van der Waals surface area contributed by atoms with Crippen LogP contribution in [0.4, 0.5) is 0 Å². The summed E-state index contributed by atoms with van der Waals surface area (Å²) in [5, 5.41) is 0.361. The highest BCUT2D eigenvalue weighted by Gasteiger charge is 1.99. The molecule has 0 aliphatic rings. The molecule has 1 rings (SSSR count). The third-order valence-electron chi connectivity index (χ3n) is 1.52. The standard InChI is InChI=1S/C8H13NS/c1-2-5-8(10)9-6-3-4-7-9/h3-4,6-8,10H,2,5H2,1H3. The fourth-order valence-corrected chi connectivity index (χ4v) is 1.37. The summed E-state index contributed by atoms with van der Waals surface area (Å²) in [5.74, 6) is 0. The van der Waals surface area contributed by atoms with Gasteiger partial charge in [-0.15, -0.1) is 0 Å². The van der Waals surface area contributed by atoms with Crippen molar-refractivity contribution in [3.63, 3.8) is 0 Å². The summed E-state index contributed by atoms with van der Waals surface area (Å²) in [6.07, 6.45) is 6.42. The molecule has 1 aromatic rings. The van der Waals surface area contributed by atoms with E-state index in [1.54, 1.807) is 0 Å². The molecule has 1 unspecified atom stereocenters. The highest BCUT2D eigenvalue weighted by atomic mass is 32.1. The van der Waals surface area contributed by atoms with Crippen LogP contribution >= 0.6 is 12.6 Å². The van der Waals surface area contributed by atoms with E-state index in [-0.39, 0.29) is 0 Å². The van der Waals surface area contributed by atoms with E-state index < -0.39 is 0 Å². The summed E-state index contributed by atoms with van der Waals surface area (Å²) in [5.41, 5.74) is 0. The first-order chi connectivity index (χ1) is 4.84. The van der Waals surface area contributed by atoms with Gasteiger partial charge in [0.25, 0.3) is 0 Å². The van der Waals surface area contributed by atoms with E-state index in [9.17, 15) is 0 Å². The molecule has 1 aromatic heterocycles. The SMILES string of the molecule is CCCC(S)n1cccc1. The zero-order valence-electron chi connectivity index (χ0n) is 6.20. The monoisotopic (exact) mass is 155 g/mol. The molecular weight excluding hydrogens is 142 g/mol. The van der Waals surface area contributed by atoms with Crippen molar-refractivity contribution in [1.82, 2.24) is 4.57 Å². The fraction of sp³-hybridized carbons (Fsp3) is 0.500. The molecule has 0 saturated carbocycles. The van der Waals surface area contributed by atoms with Crippen molar-refractivity contribution in [3.8, 4) is 0 Å². The minimum atomic E-state index is 0.361. The highest BCUT2D eigenvalue weighted by molar-refractivity contribution is 7.80. The summed E-state index contributed by atoms with van der Waals surface area (Å²) in [4.78, 5) is 0. The van der Waals surface area contributed by atoms with Gasteiger partial charge in [-0.3, -0.25) is 0 Å². The molecule has 0 bridgehead atoms. The molecule has 56 valence electrons. The number of hydrogen-bond acceptors (Lipinski definition) is 1. The maximum absolute atomic E-state index is 4.43. The zero-order chi connectivity index (χ0) is 7.40. The van der Waals surface area contributed by atoms with E-state index in [1.807, 2.05) is 24.5 Å². The fourth-order valence-electron chi connectivity index (χ4n) is 0.954. The van der Waals surface area contributed by atoms with Gasteiger partial charge in [0.2, 0.25) is 0 Å². The van der Waals surface area contributed by atoms with Gasteiger partial charge < -0.3 is 4.57 Å². The molecule has 0 N–H and O–H groups in total. The van der Waals surface area contributed by atoms with Crippen LogP contribution in [0.3, 0.4) is 0 Å². The number of hydrogen-bond donors (Lipinski definition) is 1. The van der Waals surface area contributed by atoms with Gasteiger partial charge in [0, 0.05) is 12.4 Å². The van der Waals surface area contributed by atoms with Crippen LogP contribution < -0.4 is 0 Å². The Morgan fingerprint density at radius 3 is 2.50 bits per heavy atom. The molecule has 1 nitrogen and oxygen atoms in total. The van der Waals surface area contributed by atoms with Gasteiger partial charge in [-0.2, -0.15) is 12.6 Å². The Kier molecular flexibility index (Phi) is 2.87. The van der Waals surface area contributed by atoms with Gasteiger partial charge in [-0.05, 0) is 18.6 Å². The molecule has 1 atom stereocenters. The molecule has 0 aromatic carbocycles. The van der Waals surface area contributed by atoms with Crippen molar-refractivity contribution >= 4 is 12.6 Å². The number of thiol groups is 1. The van der Waals surface area contributed by atoms with Crippen LogP contribution in [0.25, 0.3) is 0 Å². The van der Waals surface area contributed by atoms with Gasteiger partial charge in [-0.25, -0.2) is 0 Å². The lowest BCUT2D eigenvalue weighted by molar-refractivity contribution is 0.620. The molecule has 2 heteroatoms. The van der Waals surface area contributed by atoms with Crippen molar-refractivity contribution in [2.75, 3.05) is 0 Å². The summed E-state index contributed by atoms with van der Waals surface area (Å²) in [6.45, 7) is 2.17. The second-order valence-corrected chi connectivity index (χ2v) is 3.00. The third kappa shape index (κ3) is 1.81. The van der Waals surface area contributed by atoms with Gasteiger partial charge in [0.15, 0.2) is 0 Å². The Balaban J connectivity index is 2.50. The van der Waals surface area contributed by atoms with E-state index in [0.29, 0.717) is 5.37 Å². The van der Waals surface area contributed by atoms with Crippen LogP contribution in [0.2, 0.25) is 0 Å². The van der Waals surface area contributed by atoms with Crippen LogP contribution in [0.1, 0.15) is 25.1 Å². The minimum absolute atomic E-state index is 0.361. The van der Waals surface area contributed by atoms with Crippen LogP contribution in [-0.4, -0.2) is 4.57 Å². The molecular formula is C8H13NS. The Labute approximate surface area is 67.5 Å². The third-order valence-corrected chi connectivity index (χ3v) is 2.04. The Bertz CT molecular complexity index is 169. The van der Waals surface area contributed by atoms with E-state index >= 15 is 0 Å². The Morgan fingerprint density at radius 2 is 2.00 bits per heavy atom. The lowest BCUT2D eigenvalue weighted by atomic mass is 10.3. The van der Waals surface area contributed by atoms with Crippen molar-refractivity contribution in [1.29, 1.82) is 0 Å². The number of nitrogens with zero attached hydrogens (tertiary/aromatic N) is 1. The average Bonchev–Trinajstić information content (AvgIpc) is 2.38. The maximum Gasteiger partial charge on any atom is 0.0758 e. The number of rotatable bonds is 3. The Hall–Kier alpha value is -0.370. The molecule has 0 fully saturated rings. The summed E-state index contributed by atoms with van der Waals surface area (Å²) in [7, 11) is 0. The van der Waals surface area contributed by atoms with Gasteiger partial charge >= 0.3 is 0 Å². The van der Waals surface area contributed by atoms with Gasteiger partial charge in [0.05, 0.1) is 5.37 Å². The van der Waals surface area contributed by atoms with E-state index in [4.69, 9.17) is 0 Å². The maximum atomic E-state index is 4.43. The largest absolute Gasteiger partial charge is 0.342 e. The molecule has 1 heterocycles. The first kappa shape index (κ1) is 7.73. The van der Waals surface area contributed by atoms with Crippen molar-refractivity contribution in [2.24, 2.45) is 0 Å². The van der Waals surface area contributed by atoms with E-state index in [2.05, 4.69) is 24.1 Å². The first-order valence-electron chi connectivity index (χ1n) is 3.65. The smallest absolute Gasteiger partial charge is 0.0758 e. The Morgan fingerprint density at radius 1 is 1.40 bits per heavy atom. The second-order valence-electron chi connectivity index (χ2n) is 2.40. The predicted molar refractivity (Wildman–Crippen MR) is 47.4 cm³/mol. The second kappa shape index (κ2) is 3.71. The van der Waals surface area contributed by atoms with E-state index in [1.165, 1.54) is 6.42 Å². The molecule has 10 heavy (non-hydrogen) atoms. The lowest BCUT2D eigenvalue weighted by Crippen LogP contribution is -1.97. The van der Waals surface area contributed by atoms with Crippen molar-refractivity contribution in [2.45, 2.75) is 25.1 Å². The highest BCUT2D eigenvalue weighted by Crippen LogP contribution is 2.16. The van der Waals surface area contributed by atoms with Crippen molar-refractivity contribution in [3.05, 3.63) is 24.5 Å². The van der Waals surface area contributed by atoms with Gasteiger partial charge in [0.1, 0.15) is 0 Å².